The Hall–Kier alpha value is -4.55. The number of ether oxygens (including phenoxy) is 1. The van der Waals surface area contributed by atoms with Crippen molar-refractivity contribution < 1.29 is 27.1 Å². The average molecular weight is 609 g/mol. The maximum absolute atomic E-state index is 15.1. The van der Waals surface area contributed by atoms with Gasteiger partial charge in [0, 0.05) is 37.3 Å². The van der Waals surface area contributed by atoms with Crippen LogP contribution in [-0.2, 0) is 12.6 Å². The van der Waals surface area contributed by atoms with Gasteiger partial charge in [0.15, 0.2) is 0 Å². The van der Waals surface area contributed by atoms with Crippen molar-refractivity contribution in [2.24, 2.45) is 0 Å². The average Bonchev–Trinajstić information content (AvgIpc) is 3.25. The highest BCUT2D eigenvalue weighted by Crippen LogP contribution is 2.35. The van der Waals surface area contributed by atoms with Crippen molar-refractivity contribution in [3.8, 4) is 5.75 Å². The summed E-state index contributed by atoms with van der Waals surface area (Å²) in [6, 6.07) is 9.12. The van der Waals surface area contributed by atoms with E-state index in [0.29, 0.717) is 53.7 Å². The Morgan fingerprint density at radius 1 is 0.977 bits per heavy atom. The Morgan fingerprint density at radius 3 is 2.36 bits per heavy atom. The van der Waals surface area contributed by atoms with Gasteiger partial charge >= 0.3 is 6.18 Å². The number of piperazine rings is 1. The lowest BCUT2D eigenvalue weighted by atomic mass is 9.96. The van der Waals surface area contributed by atoms with Crippen LogP contribution < -0.4 is 15.2 Å². The van der Waals surface area contributed by atoms with Gasteiger partial charge in [0.2, 0.25) is 5.95 Å². The zero-order valence-electron chi connectivity index (χ0n) is 23.5. The molecule has 1 aliphatic carbocycles. The van der Waals surface area contributed by atoms with Crippen LogP contribution in [0, 0.1) is 5.82 Å². The number of nitrogens with one attached hydrogen (secondary N) is 1. The molecule has 7 rings (SSSR count). The zero-order chi connectivity index (χ0) is 30.6. The van der Waals surface area contributed by atoms with E-state index in [4.69, 9.17) is 4.74 Å². The normalized spacial score (nSPS) is 20.2. The molecule has 9 nitrogen and oxygen atoms in total. The highest BCUT2D eigenvalue weighted by molar-refractivity contribution is 5.95. The number of halogens is 4. The summed E-state index contributed by atoms with van der Waals surface area (Å²) >= 11 is 0. The molecule has 44 heavy (non-hydrogen) atoms. The maximum Gasteiger partial charge on any atom is 0.419 e. The van der Waals surface area contributed by atoms with Gasteiger partial charge in [-0.15, -0.1) is 0 Å². The number of aromatic nitrogens is 4. The fourth-order valence-electron chi connectivity index (χ4n) is 6.30. The Balaban J connectivity index is 1.11. The fraction of sp³-hybridized carbons (Fsp3) is 0.387. The Morgan fingerprint density at radius 2 is 1.70 bits per heavy atom. The molecule has 2 aromatic heterocycles. The van der Waals surface area contributed by atoms with Gasteiger partial charge in [0.25, 0.3) is 11.5 Å². The molecule has 1 saturated carbocycles. The quantitative estimate of drug-likeness (QED) is 0.311. The topological polar surface area (TPSA) is 104 Å². The predicted molar refractivity (Wildman–Crippen MR) is 152 cm³/mol. The number of carbonyl (C=O) groups excluding carboxylic acids is 1. The minimum absolute atomic E-state index is 0.0682. The Kier molecular flexibility index (Phi) is 6.97. The number of hydrogen-bond donors (Lipinski definition) is 1. The van der Waals surface area contributed by atoms with Crippen LogP contribution in [0.2, 0.25) is 0 Å². The minimum Gasteiger partial charge on any atom is -0.490 e. The Labute approximate surface area is 248 Å². The first-order valence-corrected chi connectivity index (χ1v) is 14.6. The molecule has 3 aliphatic rings. The lowest BCUT2D eigenvalue weighted by molar-refractivity contribution is -0.138. The number of anilines is 1. The summed E-state index contributed by atoms with van der Waals surface area (Å²) in [6.07, 6.45) is 1.84. The highest BCUT2D eigenvalue weighted by atomic mass is 19.4. The van der Waals surface area contributed by atoms with E-state index >= 15 is 4.39 Å². The van der Waals surface area contributed by atoms with Crippen molar-refractivity contribution in [1.29, 1.82) is 0 Å². The van der Waals surface area contributed by atoms with Crippen molar-refractivity contribution in [2.75, 3.05) is 18.0 Å². The number of amides is 1. The van der Waals surface area contributed by atoms with Crippen LogP contribution >= 0.6 is 0 Å². The molecule has 3 fully saturated rings. The number of aromatic amines is 1. The van der Waals surface area contributed by atoms with Crippen LogP contribution in [0.25, 0.3) is 10.8 Å². The molecule has 0 unspecified atom stereocenters. The van der Waals surface area contributed by atoms with E-state index < -0.39 is 23.5 Å². The molecule has 2 aliphatic heterocycles. The molecular weight excluding hydrogens is 580 g/mol. The monoisotopic (exact) mass is 608 g/mol. The molecule has 2 bridgehead atoms. The molecule has 2 atom stereocenters. The molecule has 1 amide bonds. The van der Waals surface area contributed by atoms with E-state index in [1.165, 1.54) is 12.1 Å². The highest BCUT2D eigenvalue weighted by Gasteiger charge is 2.44. The van der Waals surface area contributed by atoms with E-state index in [2.05, 4.69) is 20.2 Å². The SMILES string of the molecule is O=C(c1cc(Cc2n[nH]c(=O)c3ccc(OC4CCC4)cc23)ccc1F)N1[C@@H]2CC[C@H]1CN(c1ncc(C(F)(F)F)cn1)C2. The van der Waals surface area contributed by atoms with Gasteiger partial charge in [0.1, 0.15) is 11.6 Å². The molecule has 1 N–H and O–H groups in total. The molecule has 2 saturated heterocycles. The molecule has 0 radical (unpaired) electrons. The van der Waals surface area contributed by atoms with Crippen LogP contribution in [0.4, 0.5) is 23.5 Å². The molecule has 0 spiro atoms. The van der Waals surface area contributed by atoms with Crippen molar-refractivity contribution in [1.82, 2.24) is 25.1 Å². The lowest BCUT2D eigenvalue weighted by Gasteiger charge is -2.41. The number of alkyl halides is 3. The predicted octanol–water partition coefficient (Wildman–Crippen LogP) is 4.89. The van der Waals surface area contributed by atoms with Crippen LogP contribution in [-0.4, -0.2) is 62.2 Å². The standard InChI is InChI=1S/C31H28F4N6O3/c32-26-9-4-17(11-27-24-12-22(44-21-2-1-3-21)7-8-23(24)28(42)39-38-27)10-25(26)29(43)41-19-5-6-20(41)16-40(15-19)30-36-13-18(14-37-30)31(33,34)35/h4,7-10,12-14,19-21H,1-3,5-6,11,15-16H2,(H,39,42)/t19-,20+. The van der Waals surface area contributed by atoms with E-state index in [1.54, 1.807) is 34.1 Å². The van der Waals surface area contributed by atoms with Crippen LogP contribution in [0.1, 0.15) is 59.3 Å². The summed E-state index contributed by atoms with van der Waals surface area (Å²) in [5.41, 5.74) is -0.119. The number of carbonyl (C=O) groups is 1. The van der Waals surface area contributed by atoms with Crippen molar-refractivity contribution in [3.05, 3.63) is 87.3 Å². The second-order valence-corrected chi connectivity index (χ2v) is 11.6. The summed E-state index contributed by atoms with van der Waals surface area (Å²) in [5, 5.41) is 7.89. The van der Waals surface area contributed by atoms with Crippen LogP contribution in [0.3, 0.4) is 0 Å². The third-order valence-corrected chi connectivity index (χ3v) is 8.79. The number of hydrogen-bond acceptors (Lipinski definition) is 7. The molecule has 2 aromatic carbocycles. The van der Waals surface area contributed by atoms with E-state index in [-0.39, 0.29) is 41.7 Å². The van der Waals surface area contributed by atoms with Gasteiger partial charge < -0.3 is 14.5 Å². The summed E-state index contributed by atoms with van der Waals surface area (Å²) in [6.45, 7) is 0.654. The molecular formula is C31H28F4N6O3. The fourth-order valence-corrected chi connectivity index (χ4v) is 6.30. The number of benzene rings is 2. The van der Waals surface area contributed by atoms with E-state index in [1.807, 2.05) is 0 Å². The zero-order valence-corrected chi connectivity index (χ0v) is 23.5. The van der Waals surface area contributed by atoms with Gasteiger partial charge in [0.05, 0.1) is 40.4 Å². The number of rotatable bonds is 6. The molecule has 13 heteroatoms. The Bertz CT molecular complexity index is 1780. The molecule has 228 valence electrons. The largest absolute Gasteiger partial charge is 0.490 e. The number of fused-ring (bicyclic) bond motifs is 3. The summed E-state index contributed by atoms with van der Waals surface area (Å²) < 4.78 is 60.0. The van der Waals surface area contributed by atoms with Crippen molar-refractivity contribution >= 4 is 22.6 Å². The molecule has 4 heterocycles. The number of nitrogens with zero attached hydrogens (tertiary/aromatic N) is 5. The van der Waals surface area contributed by atoms with Gasteiger partial charge in [-0.25, -0.2) is 19.5 Å². The maximum atomic E-state index is 15.1. The van der Waals surface area contributed by atoms with E-state index in [9.17, 15) is 22.8 Å². The lowest BCUT2D eigenvalue weighted by Crippen LogP contribution is -2.56. The van der Waals surface area contributed by atoms with Gasteiger partial charge in [-0.2, -0.15) is 18.3 Å². The summed E-state index contributed by atoms with van der Waals surface area (Å²) in [5.74, 6) is -0.276. The first kappa shape index (κ1) is 28.2. The first-order chi connectivity index (χ1) is 21.1. The minimum atomic E-state index is -4.53. The summed E-state index contributed by atoms with van der Waals surface area (Å²) in [4.78, 5) is 37.5. The summed E-state index contributed by atoms with van der Waals surface area (Å²) in [7, 11) is 0. The van der Waals surface area contributed by atoms with Crippen LogP contribution in [0.15, 0.2) is 53.6 Å². The smallest absolute Gasteiger partial charge is 0.419 e. The van der Waals surface area contributed by atoms with Gasteiger partial charge in [-0.1, -0.05) is 6.07 Å². The van der Waals surface area contributed by atoms with Gasteiger partial charge in [-0.05, 0) is 68.0 Å². The van der Waals surface area contributed by atoms with Gasteiger partial charge in [-0.3, -0.25) is 9.59 Å². The first-order valence-electron chi connectivity index (χ1n) is 14.6. The van der Waals surface area contributed by atoms with E-state index in [0.717, 1.165) is 31.7 Å². The number of H-pyrrole nitrogens is 1. The third-order valence-electron chi connectivity index (χ3n) is 8.79. The third kappa shape index (κ3) is 5.24. The van der Waals surface area contributed by atoms with Crippen LogP contribution in [0.5, 0.6) is 5.75 Å². The second kappa shape index (κ2) is 10.9. The molecule has 4 aromatic rings. The van der Waals surface area contributed by atoms with Crippen molar-refractivity contribution in [3.63, 3.8) is 0 Å². The second-order valence-electron chi connectivity index (χ2n) is 11.6. The van der Waals surface area contributed by atoms with Crippen molar-refractivity contribution in [2.45, 2.75) is 62.9 Å².